The summed E-state index contributed by atoms with van der Waals surface area (Å²) >= 11 is 11.8. The van der Waals surface area contributed by atoms with Crippen molar-refractivity contribution in [2.75, 3.05) is 18.1 Å². The number of hydrogen-bond donors (Lipinski definition) is 3. The maximum Gasteiger partial charge on any atom is 0.407 e. The van der Waals surface area contributed by atoms with E-state index >= 15 is 0 Å². The van der Waals surface area contributed by atoms with Crippen LogP contribution in [-0.2, 0) is 42.2 Å². The topological polar surface area (TPSA) is 177 Å². The minimum atomic E-state index is -3.87. The molecule has 13 nitrogen and oxygen atoms in total. The van der Waals surface area contributed by atoms with Crippen molar-refractivity contribution in [2.45, 2.75) is 70.7 Å². The molecule has 0 bridgehead atoms. The molecule has 4 rings (SSSR count). The molecule has 2 unspecified atom stereocenters. The molecule has 0 radical (unpaired) electrons. The Balaban J connectivity index is 1.60. The number of anilines is 1. The molecule has 0 saturated carbocycles. The van der Waals surface area contributed by atoms with Gasteiger partial charge in [0.25, 0.3) is 0 Å². The average molecular weight is 794 g/mol. The van der Waals surface area contributed by atoms with Crippen LogP contribution in [-0.4, -0.2) is 73.4 Å². The number of alkyl carbamates (subject to hydrolysis) is 1. The fourth-order valence-electron chi connectivity index (χ4n) is 5.43. The molecule has 0 spiro atoms. The zero-order valence-corrected chi connectivity index (χ0v) is 31.7. The third-order valence-electron chi connectivity index (χ3n) is 7.87. The van der Waals surface area contributed by atoms with E-state index in [0.717, 1.165) is 6.26 Å². The first-order valence-electron chi connectivity index (χ1n) is 16.4. The van der Waals surface area contributed by atoms with Crippen LogP contribution in [0.5, 0.6) is 5.75 Å². The molecule has 0 fully saturated rings. The lowest BCUT2D eigenvalue weighted by Gasteiger charge is -2.37. The van der Waals surface area contributed by atoms with Crippen molar-refractivity contribution in [3.8, 4) is 5.75 Å². The monoisotopic (exact) mass is 792 g/mol. The van der Waals surface area contributed by atoms with Crippen molar-refractivity contribution in [1.29, 1.82) is 0 Å². The number of fused-ring (bicyclic) bond motifs is 1. The van der Waals surface area contributed by atoms with Gasteiger partial charge in [-0.1, -0.05) is 59.6 Å². The summed E-state index contributed by atoms with van der Waals surface area (Å²) < 4.78 is 48.7. The summed E-state index contributed by atoms with van der Waals surface area (Å²) in [7, 11) is -3.87. The van der Waals surface area contributed by atoms with Gasteiger partial charge in [0.1, 0.15) is 23.4 Å². The number of ketones is 1. The van der Waals surface area contributed by atoms with Crippen LogP contribution < -0.4 is 20.1 Å². The van der Waals surface area contributed by atoms with Crippen LogP contribution in [0.25, 0.3) is 0 Å². The maximum absolute atomic E-state index is 14.9. The lowest BCUT2D eigenvalue weighted by Crippen LogP contribution is -2.56. The lowest BCUT2D eigenvalue weighted by atomic mass is 9.92. The van der Waals surface area contributed by atoms with Crippen LogP contribution in [0.15, 0.2) is 60.7 Å². The fraction of sp³-hybridized carbons (Fsp3) is 0.361. The lowest BCUT2D eigenvalue weighted by molar-refractivity contribution is -0.142. The maximum atomic E-state index is 14.9. The fourth-order valence-corrected chi connectivity index (χ4v) is 6.19. The Hall–Kier alpha value is -4.73. The van der Waals surface area contributed by atoms with Crippen LogP contribution >= 0.6 is 23.2 Å². The molecule has 0 aliphatic carbocycles. The van der Waals surface area contributed by atoms with Crippen molar-refractivity contribution in [3.63, 3.8) is 0 Å². The number of nitrogens with one attached hydrogen (secondary N) is 3. The highest BCUT2D eigenvalue weighted by molar-refractivity contribution is 7.86. The Bertz CT molecular complexity index is 1990. The summed E-state index contributed by atoms with van der Waals surface area (Å²) in [5, 5.41) is 7.02. The van der Waals surface area contributed by atoms with Crippen molar-refractivity contribution >= 4 is 68.6 Å². The van der Waals surface area contributed by atoms with E-state index in [2.05, 4.69) is 16.0 Å². The van der Waals surface area contributed by atoms with E-state index in [4.69, 9.17) is 32.1 Å². The molecule has 0 saturated heterocycles. The highest BCUT2D eigenvalue weighted by Gasteiger charge is 2.37. The zero-order valence-electron chi connectivity index (χ0n) is 29.3. The average Bonchev–Trinajstić information content (AvgIpc) is 3.08. The molecule has 17 heteroatoms. The second-order valence-electron chi connectivity index (χ2n) is 13.2. The van der Waals surface area contributed by atoms with Gasteiger partial charge in [-0.25, -0.2) is 9.18 Å². The molecule has 2 atom stereocenters. The van der Waals surface area contributed by atoms with E-state index in [0.29, 0.717) is 16.7 Å². The molecule has 1 aliphatic heterocycles. The normalized spacial score (nSPS) is 14.7. The van der Waals surface area contributed by atoms with Crippen LogP contribution in [0.4, 0.5) is 14.9 Å². The van der Waals surface area contributed by atoms with Crippen LogP contribution in [0.2, 0.25) is 10.0 Å². The molecular weight excluding hydrogens is 754 g/mol. The van der Waals surface area contributed by atoms with Gasteiger partial charge in [-0.05, 0) is 62.6 Å². The van der Waals surface area contributed by atoms with Gasteiger partial charge in [0.05, 0.1) is 22.0 Å². The van der Waals surface area contributed by atoms with Gasteiger partial charge in [0.2, 0.25) is 17.7 Å². The van der Waals surface area contributed by atoms with Crippen molar-refractivity contribution in [2.24, 2.45) is 0 Å². The number of Topliss-reactive ketones (excluding diaryl/α,β-unsaturated/α-hetero) is 1. The van der Waals surface area contributed by atoms with Gasteiger partial charge in [0, 0.05) is 37.9 Å². The summed E-state index contributed by atoms with van der Waals surface area (Å²) in [5.74, 6) is -3.47. The summed E-state index contributed by atoms with van der Waals surface area (Å²) in [5.41, 5.74) is 0.387. The Morgan fingerprint density at radius 1 is 0.981 bits per heavy atom. The number of amides is 4. The van der Waals surface area contributed by atoms with E-state index in [9.17, 15) is 36.8 Å². The van der Waals surface area contributed by atoms with E-state index in [-0.39, 0.29) is 61.0 Å². The predicted octanol–water partition coefficient (Wildman–Crippen LogP) is 5.43. The molecule has 0 aromatic heterocycles. The first-order chi connectivity index (χ1) is 24.8. The highest BCUT2D eigenvalue weighted by atomic mass is 35.5. The van der Waals surface area contributed by atoms with Gasteiger partial charge in [-0.3, -0.25) is 19.2 Å². The zero-order chi connectivity index (χ0) is 39.1. The Morgan fingerprint density at radius 3 is 2.34 bits per heavy atom. The van der Waals surface area contributed by atoms with Crippen LogP contribution in [0.1, 0.15) is 61.5 Å². The number of carbonyl (C=O) groups is 5. The molecule has 284 valence electrons. The quantitative estimate of drug-likeness (QED) is 0.116. The van der Waals surface area contributed by atoms with E-state index < -0.39 is 62.5 Å². The molecule has 3 aromatic carbocycles. The molecule has 4 amide bonds. The van der Waals surface area contributed by atoms with Crippen LogP contribution in [0.3, 0.4) is 0 Å². The van der Waals surface area contributed by atoms with E-state index in [1.165, 1.54) is 29.2 Å². The van der Waals surface area contributed by atoms with Gasteiger partial charge in [0.15, 0.2) is 11.6 Å². The number of carbonyl (C=O) groups excluding carboxylic acids is 5. The molecule has 3 aromatic rings. The first kappa shape index (κ1) is 41.0. The summed E-state index contributed by atoms with van der Waals surface area (Å²) in [6.07, 6.45) is -0.540. The summed E-state index contributed by atoms with van der Waals surface area (Å²) in [4.78, 5) is 67.8. The third-order valence-corrected chi connectivity index (χ3v) is 9.14. The molecule has 3 N–H and O–H groups in total. The Kier molecular flexibility index (Phi) is 13.5. The van der Waals surface area contributed by atoms with E-state index in [1.54, 1.807) is 57.2 Å². The van der Waals surface area contributed by atoms with Crippen molar-refractivity contribution < 1.29 is 45.7 Å². The summed E-state index contributed by atoms with van der Waals surface area (Å²) in [6.45, 7) is 4.69. The highest BCUT2D eigenvalue weighted by Crippen LogP contribution is 2.31. The minimum Gasteiger partial charge on any atom is -0.444 e. The second-order valence-corrected chi connectivity index (χ2v) is 15.6. The summed E-state index contributed by atoms with van der Waals surface area (Å²) in [6, 6.07) is 12.7. The van der Waals surface area contributed by atoms with Gasteiger partial charge in [-0.15, -0.1) is 0 Å². The number of rotatable bonds is 13. The molecule has 53 heavy (non-hydrogen) atoms. The first-order valence-corrected chi connectivity index (χ1v) is 19.0. The largest absolute Gasteiger partial charge is 0.444 e. The van der Waals surface area contributed by atoms with E-state index in [1.807, 2.05) is 0 Å². The van der Waals surface area contributed by atoms with Gasteiger partial charge in [-0.2, -0.15) is 8.42 Å². The number of nitrogens with zero attached hydrogens (tertiary/aromatic N) is 1. The standard InChI is InChI=1S/C36H39Cl2FN4O9S/c1-36(2,3)51-35(48)40-17-16-27(33(46)41-26-13-12-25(37)31(38)32(26)39)42-34(47)28-19-22-10-11-24(52-53(4,49)50)18-23(22)20-43(28)30(45)15-14-29(44)21-8-6-5-7-9-21/h5-13,18,27-28H,14-17,19-20H2,1-4H3,(H,40,48)(H,41,46)(H,42,47). The minimum absolute atomic E-state index is 0.00423. The third kappa shape index (κ3) is 11.9. The molecule has 1 aliphatic rings. The molecular formula is C36H39Cl2FN4O9S. The Labute approximate surface area is 316 Å². The smallest absolute Gasteiger partial charge is 0.407 e. The van der Waals surface area contributed by atoms with Gasteiger partial charge >= 0.3 is 16.2 Å². The predicted molar refractivity (Wildman–Crippen MR) is 196 cm³/mol. The number of benzene rings is 3. The van der Waals surface area contributed by atoms with Crippen molar-refractivity contribution in [1.82, 2.24) is 15.5 Å². The molecule has 1 heterocycles. The number of hydrogen-bond acceptors (Lipinski definition) is 9. The second kappa shape index (κ2) is 17.4. The number of ether oxygens (including phenoxy) is 1. The van der Waals surface area contributed by atoms with Gasteiger partial charge < -0.3 is 29.8 Å². The Morgan fingerprint density at radius 2 is 1.68 bits per heavy atom. The number of halogens is 3. The van der Waals surface area contributed by atoms with Crippen LogP contribution in [0, 0.1) is 5.82 Å². The SMILES string of the molecule is CC(C)(C)OC(=O)NCCC(NC(=O)C1Cc2ccc(OS(C)(=O)=O)cc2CN1C(=O)CCC(=O)c1ccccc1)C(=O)Nc1ccc(Cl)c(Cl)c1F. The van der Waals surface area contributed by atoms with Crippen molar-refractivity contribution in [3.05, 3.63) is 93.2 Å².